The lowest BCUT2D eigenvalue weighted by molar-refractivity contribution is 0.615. The molecule has 2 heteroatoms. The van der Waals surface area contributed by atoms with Crippen LogP contribution in [0.3, 0.4) is 0 Å². The number of nitrogens with one attached hydrogen (secondary N) is 1. The molecule has 0 spiro atoms. The number of hydrogen-bond donors (Lipinski definition) is 1. The molecule has 3 rings (SSSR count). The first-order valence-electron chi connectivity index (χ1n) is 7.42. The number of aryl methyl sites for hydroxylation is 1. The fourth-order valence-corrected chi connectivity index (χ4v) is 2.70. The van der Waals surface area contributed by atoms with Crippen LogP contribution in [0.2, 0.25) is 0 Å². The van der Waals surface area contributed by atoms with Gasteiger partial charge in [-0.05, 0) is 53.6 Å². The second-order valence-electron chi connectivity index (χ2n) is 5.36. The standard InChI is InChI=1S/C19H20N2/c1-3-20-19(18-12-14(2)10-11-21-18)17-9-8-15-6-4-5-7-16(15)13-17/h4-13,19-20H,3H2,1-2H3. The van der Waals surface area contributed by atoms with Crippen LogP contribution in [0, 0.1) is 6.92 Å². The molecule has 0 bridgehead atoms. The number of benzene rings is 2. The van der Waals surface area contributed by atoms with Gasteiger partial charge < -0.3 is 5.32 Å². The van der Waals surface area contributed by atoms with Crippen molar-refractivity contribution in [1.82, 2.24) is 10.3 Å². The van der Waals surface area contributed by atoms with Gasteiger partial charge in [0.05, 0.1) is 11.7 Å². The largest absolute Gasteiger partial charge is 0.305 e. The minimum absolute atomic E-state index is 0.138. The Hall–Kier alpha value is -2.19. The molecule has 1 atom stereocenters. The molecule has 0 amide bonds. The monoisotopic (exact) mass is 276 g/mol. The van der Waals surface area contributed by atoms with Crippen LogP contribution in [0.25, 0.3) is 10.8 Å². The number of pyridine rings is 1. The second kappa shape index (κ2) is 6.06. The highest BCUT2D eigenvalue weighted by atomic mass is 14.9. The second-order valence-corrected chi connectivity index (χ2v) is 5.36. The summed E-state index contributed by atoms with van der Waals surface area (Å²) in [5.74, 6) is 0. The quantitative estimate of drug-likeness (QED) is 0.771. The molecule has 0 saturated carbocycles. The molecule has 0 aliphatic carbocycles. The SMILES string of the molecule is CCNC(c1ccc2ccccc2c1)c1cc(C)ccn1. The Morgan fingerprint density at radius 3 is 2.57 bits per heavy atom. The summed E-state index contributed by atoms with van der Waals surface area (Å²) in [6, 6.07) is 19.4. The number of aromatic nitrogens is 1. The maximum Gasteiger partial charge on any atom is 0.0751 e. The van der Waals surface area contributed by atoms with Gasteiger partial charge in [-0.2, -0.15) is 0 Å². The van der Waals surface area contributed by atoms with E-state index in [0.29, 0.717) is 0 Å². The van der Waals surface area contributed by atoms with Crippen LogP contribution in [0.4, 0.5) is 0 Å². The topological polar surface area (TPSA) is 24.9 Å². The van der Waals surface area contributed by atoms with E-state index >= 15 is 0 Å². The average molecular weight is 276 g/mol. The van der Waals surface area contributed by atoms with E-state index in [4.69, 9.17) is 0 Å². The van der Waals surface area contributed by atoms with Crippen molar-refractivity contribution < 1.29 is 0 Å². The van der Waals surface area contributed by atoms with Crippen molar-refractivity contribution in [2.45, 2.75) is 19.9 Å². The predicted octanol–water partition coefficient (Wildman–Crippen LogP) is 4.24. The van der Waals surface area contributed by atoms with E-state index in [-0.39, 0.29) is 6.04 Å². The molecule has 1 heterocycles. The molecular formula is C19H20N2. The van der Waals surface area contributed by atoms with E-state index in [1.165, 1.54) is 21.9 Å². The summed E-state index contributed by atoms with van der Waals surface area (Å²) in [6.07, 6.45) is 1.88. The highest BCUT2D eigenvalue weighted by molar-refractivity contribution is 5.83. The number of rotatable bonds is 4. The Morgan fingerprint density at radius 1 is 1.00 bits per heavy atom. The lowest BCUT2D eigenvalue weighted by Crippen LogP contribution is -2.23. The van der Waals surface area contributed by atoms with Crippen LogP contribution in [0.15, 0.2) is 60.8 Å². The zero-order valence-corrected chi connectivity index (χ0v) is 12.5. The van der Waals surface area contributed by atoms with Gasteiger partial charge in [0, 0.05) is 6.20 Å². The molecule has 0 aliphatic heterocycles. The molecule has 2 aromatic carbocycles. The minimum Gasteiger partial charge on any atom is -0.305 e. The Kier molecular flexibility index (Phi) is 3.98. The Balaban J connectivity index is 2.06. The van der Waals surface area contributed by atoms with E-state index < -0.39 is 0 Å². The molecule has 0 aliphatic rings. The van der Waals surface area contributed by atoms with E-state index in [9.17, 15) is 0 Å². The maximum atomic E-state index is 4.55. The molecule has 0 radical (unpaired) electrons. The molecule has 1 aromatic heterocycles. The van der Waals surface area contributed by atoms with Crippen LogP contribution in [-0.2, 0) is 0 Å². The summed E-state index contributed by atoms with van der Waals surface area (Å²) in [5, 5.41) is 6.09. The van der Waals surface area contributed by atoms with Crippen LogP contribution >= 0.6 is 0 Å². The molecule has 1 N–H and O–H groups in total. The molecule has 21 heavy (non-hydrogen) atoms. The molecule has 106 valence electrons. The molecule has 0 fully saturated rings. The minimum atomic E-state index is 0.138. The van der Waals surface area contributed by atoms with Gasteiger partial charge in [-0.15, -0.1) is 0 Å². The van der Waals surface area contributed by atoms with E-state index in [0.717, 1.165) is 12.2 Å². The summed E-state index contributed by atoms with van der Waals surface area (Å²) < 4.78 is 0. The fourth-order valence-electron chi connectivity index (χ4n) is 2.70. The first-order valence-corrected chi connectivity index (χ1v) is 7.42. The molecule has 1 unspecified atom stereocenters. The lowest BCUT2D eigenvalue weighted by Gasteiger charge is -2.19. The average Bonchev–Trinajstić information content (AvgIpc) is 2.52. The Morgan fingerprint density at radius 2 is 1.81 bits per heavy atom. The normalized spacial score (nSPS) is 12.5. The van der Waals surface area contributed by atoms with Gasteiger partial charge in [0.25, 0.3) is 0 Å². The van der Waals surface area contributed by atoms with E-state index in [1.807, 2.05) is 12.3 Å². The molecule has 2 nitrogen and oxygen atoms in total. The van der Waals surface area contributed by atoms with Crippen LogP contribution in [0.5, 0.6) is 0 Å². The zero-order valence-electron chi connectivity index (χ0n) is 12.5. The van der Waals surface area contributed by atoms with Gasteiger partial charge in [-0.3, -0.25) is 4.98 Å². The number of fused-ring (bicyclic) bond motifs is 1. The fraction of sp³-hybridized carbons (Fsp3) is 0.211. The lowest BCUT2D eigenvalue weighted by atomic mass is 9.98. The summed E-state index contributed by atoms with van der Waals surface area (Å²) in [4.78, 5) is 4.55. The molecule has 3 aromatic rings. The molecular weight excluding hydrogens is 256 g/mol. The van der Waals surface area contributed by atoms with Gasteiger partial charge in [-0.25, -0.2) is 0 Å². The Labute approximate surface area is 125 Å². The Bertz CT molecular complexity index is 749. The first-order chi connectivity index (χ1) is 10.3. The van der Waals surface area contributed by atoms with Crippen molar-refractivity contribution in [2.24, 2.45) is 0 Å². The highest BCUT2D eigenvalue weighted by Gasteiger charge is 2.14. The first kappa shape index (κ1) is 13.8. The smallest absolute Gasteiger partial charge is 0.0751 e. The van der Waals surface area contributed by atoms with Crippen LogP contribution < -0.4 is 5.32 Å². The van der Waals surface area contributed by atoms with Crippen molar-refractivity contribution in [3.8, 4) is 0 Å². The van der Waals surface area contributed by atoms with E-state index in [2.05, 4.69) is 72.7 Å². The van der Waals surface area contributed by atoms with Crippen molar-refractivity contribution in [3.63, 3.8) is 0 Å². The summed E-state index contributed by atoms with van der Waals surface area (Å²) in [7, 11) is 0. The van der Waals surface area contributed by atoms with Crippen LogP contribution in [-0.4, -0.2) is 11.5 Å². The number of hydrogen-bond acceptors (Lipinski definition) is 2. The third kappa shape index (κ3) is 2.96. The van der Waals surface area contributed by atoms with Gasteiger partial charge in [0.2, 0.25) is 0 Å². The van der Waals surface area contributed by atoms with E-state index in [1.54, 1.807) is 0 Å². The zero-order chi connectivity index (χ0) is 14.7. The van der Waals surface area contributed by atoms with Crippen LogP contribution in [0.1, 0.15) is 29.8 Å². The molecule has 0 saturated heterocycles. The predicted molar refractivity (Wildman–Crippen MR) is 88.4 cm³/mol. The van der Waals surface area contributed by atoms with Crippen molar-refractivity contribution >= 4 is 10.8 Å². The number of nitrogens with zero attached hydrogens (tertiary/aromatic N) is 1. The highest BCUT2D eigenvalue weighted by Crippen LogP contribution is 2.25. The third-order valence-corrected chi connectivity index (χ3v) is 3.75. The van der Waals surface area contributed by atoms with Crippen molar-refractivity contribution in [1.29, 1.82) is 0 Å². The maximum absolute atomic E-state index is 4.55. The van der Waals surface area contributed by atoms with Crippen molar-refractivity contribution in [3.05, 3.63) is 77.6 Å². The third-order valence-electron chi connectivity index (χ3n) is 3.75. The van der Waals surface area contributed by atoms with Crippen molar-refractivity contribution in [2.75, 3.05) is 6.54 Å². The van der Waals surface area contributed by atoms with Gasteiger partial charge in [0.15, 0.2) is 0 Å². The summed E-state index contributed by atoms with van der Waals surface area (Å²) >= 11 is 0. The summed E-state index contributed by atoms with van der Waals surface area (Å²) in [5.41, 5.74) is 3.57. The van der Waals surface area contributed by atoms with Gasteiger partial charge >= 0.3 is 0 Å². The van der Waals surface area contributed by atoms with Gasteiger partial charge in [-0.1, -0.05) is 43.3 Å². The van der Waals surface area contributed by atoms with Gasteiger partial charge in [0.1, 0.15) is 0 Å². The summed E-state index contributed by atoms with van der Waals surface area (Å²) in [6.45, 7) is 5.14.